The van der Waals surface area contributed by atoms with Crippen molar-refractivity contribution in [2.24, 2.45) is 0 Å². The summed E-state index contributed by atoms with van der Waals surface area (Å²) in [5.74, 6) is 1.86. The van der Waals surface area contributed by atoms with Crippen LogP contribution in [0.1, 0.15) is 37.3 Å². The molecule has 184 valence electrons. The van der Waals surface area contributed by atoms with E-state index in [1.54, 1.807) is 19.0 Å². The molecule has 0 unspecified atom stereocenters. The van der Waals surface area contributed by atoms with E-state index < -0.39 is 0 Å². The molecule has 2 fully saturated rings. The van der Waals surface area contributed by atoms with Crippen molar-refractivity contribution in [3.8, 4) is 0 Å². The van der Waals surface area contributed by atoms with Gasteiger partial charge >= 0.3 is 0 Å². The van der Waals surface area contributed by atoms with Gasteiger partial charge in [-0.25, -0.2) is 29.3 Å². The van der Waals surface area contributed by atoms with Crippen LogP contribution in [-0.4, -0.2) is 95.9 Å². The largest absolute Gasteiger partial charge is 0.284 e. The molecule has 4 aromatic rings. The van der Waals surface area contributed by atoms with Crippen LogP contribution in [0.2, 0.25) is 0 Å². The predicted octanol–water partition coefficient (Wildman–Crippen LogP) is 0.889. The van der Waals surface area contributed by atoms with Crippen LogP contribution in [0.5, 0.6) is 0 Å². The van der Waals surface area contributed by atoms with Crippen LogP contribution >= 0.6 is 0 Å². The van der Waals surface area contributed by atoms with Gasteiger partial charge in [0.2, 0.25) is 0 Å². The van der Waals surface area contributed by atoms with Crippen molar-refractivity contribution < 1.29 is 0 Å². The molecule has 0 spiro atoms. The number of aromatic nitrogens is 12. The first-order valence-corrected chi connectivity index (χ1v) is 11.4. The van der Waals surface area contributed by atoms with Crippen molar-refractivity contribution in [3.05, 3.63) is 49.6 Å². The summed E-state index contributed by atoms with van der Waals surface area (Å²) >= 11 is 0. The molecule has 2 N–H and O–H groups in total. The van der Waals surface area contributed by atoms with Gasteiger partial charge in [0, 0.05) is 0 Å². The lowest BCUT2D eigenvalue weighted by molar-refractivity contribution is 0.252. The maximum atomic E-state index is 4.14. The Hall–Kier alpha value is -3.52. The molecule has 14 nitrogen and oxygen atoms in total. The van der Waals surface area contributed by atoms with Crippen molar-refractivity contribution in [1.29, 1.82) is 0 Å². The summed E-state index contributed by atoms with van der Waals surface area (Å²) in [6.45, 7) is 10.5. The summed E-state index contributed by atoms with van der Waals surface area (Å²) in [6, 6.07) is 0. The SMILES string of the molecule is Cc1ncn[nH]1.Cc1ncnn1CN1CCCC1.c1nc[nH]n1.c1ncn(CN2CCCC2)n1. The van der Waals surface area contributed by atoms with Crippen molar-refractivity contribution in [1.82, 2.24) is 69.7 Å². The van der Waals surface area contributed by atoms with E-state index in [9.17, 15) is 0 Å². The lowest BCUT2D eigenvalue weighted by Gasteiger charge is -2.14. The molecule has 0 radical (unpaired) electrons. The van der Waals surface area contributed by atoms with Crippen molar-refractivity contribution in [3.63, 3.8) is 0 Å². The topological polar surface area (TPSA) is 151 Å². The van der Waals surface area contributed by atoms with Gasteiger partial charge in [-0.2, -0.15) is 20.4 Å². The number of aromatic amines is 2. The van der Waals surface area contributed by atoms with Crippen molar-refractivity contribution >= 4 is 0 Å². The molecule has 2 aliphatic heterocycles. The summed E-state index contributed by atoms with van der Waals surface area (Å²) in [6.07, 6.45) is 14.7. The van der Waals surface area contributed by atoms with Gasteiger partial charge in [-0.1, -0.05) is 0 Å². The van der Waals surface area contributed by atoms with Crippen molar-refractivity contribution in [2.45, 2.75) is 52.9 Å². The van der Waals surface area contributed by atoms with E-state index in [-0.39, 0.29) is 0 Å². The Morgan fingerprint density at radius 3 is 1.91 bits per heavy atom. The van der Waals surface area contributed by atoms with Crippen LogP contribution < -0.4 is 0 Å². The highest BCUT2D eigenvalue weighted by atomic mass is 15.4. The molecular weight excluding hydrogens is 436 g/mol. The molecule has 0 saturated carbocycles. The Morgan fingerprint density at radius 2 is 1.50 bits per heavy atom. The normalized spacial score (nSPS) is 15.6. The molecule has 2 saturated heterocycles. The minimum Gasteiger partial charge on any atom is -0.284 e. The Morgan fingerprint density at radius 1 is 0.765 bits per heavy atom. The van der Waals surface area contributed by atoms with E-state index in [2.05, 4.69) is 60.3 Å². The summed E-state index contributed by atoms with van der Waals surface area (Å²) in [5, 5.41) is 20.4. The molecule has 34 heavy (non-hydrogen) atoms. The van der Waals surface area contributed by atoms with Gasteiger partial charge in [-0.3, -0.25) is 20.0 Å². The molecule has 0 amide bonds. The first kappa shape index (κ1) is 25.1. The van der Waals surface area contributed by atoms with Crippen LogP contribution in [0.15, 0.2) is 38.0 Å². The van der Waals surface area contributed by atoms with E-state index in [0.717, 1.165) is 25.0 Å². The van der Waals surface area contributed by atoms with E-state index in [1.165, 1.54) is 70.8 Å². The van der Waals surface area contributed by atoms with E-state index in [4.69, 9.17) is 0 Å². The lowest BCUT2D eigenvalue weighted by Crippen LogP contribution is -2.24. The summed E-state index contributed by atoms with van der Waals surface area (Å²) < 4.78 is 3.82. The fraction of sp³-hybridized carbons (Fsp3) is 0.600. The quantitative estimate of drug-likeness (QED) is 0.440. The second-order valence-corrected chi connectivity index (χ2v) is 7.90. The van der Waals surface area contributed by atoms with Gasteiger partial charge in [0.05, 0.1) is 13.3 Å². The molecule has 0 aromatic carbocycles. The lowest BCUT2D eigenvalue weighted by atomic mass is 10.4. The zero-order chi connectivity index (χ0) is 23.8. The van der Waals surface area contributed by atoms with Crippen molar-refractivity contribution in [2.75, 3.05) is 26.2 Å². The fourth-order valence-electron chi connectivity index (χ4n) is 3.44. The second-order valence-electron chi connectivity index (χ2n) is 7.90. The number of likely N-dealkylation sites (tertiary alicyclic amines) is 2. The maximum Gasteiger partial charge on any atom is 0.138 e. The Kier molecular flexibility index (Phi) is 10.8. The highest BCUT2D eigenvalue weighted by Crippen LogP contribution is 2.08. The molecular formula is C20H34N14. The van der Waals surface area contributed by atoms with Crippen LogP contribution in [-0.2, 0) is 13.3 Å². The number of rotatable bonds is 4. The smallest absolute Gasteiger partial charge is 0.138 e. The average molecular weight is 471 g/mol. The van der Waals surface area contributed by atoms with E-state index in [1.807, 2.05) is 23.2 Å². The fourth-order valence-corrected chi connectivity index (χ4v) is 3.44. The highest BCUT2D eigenvalue weighted by Gasteiger charge is 2.12. The number of nitrogens with one attached hydrogen (secondary N) is 2. The summed E-state index contributed by atoms with van der Waals surface area (Å²) in [7, 11) is 0. The molecule has 6 heterocycles. The maximum absolute atomic E-state index is 4.14. The third-order valence-corrected chi connectivity index (χ3v) is 5.22. The number of H-pyrrole nitrogens is 2. The second kappa shape index (κ2) is 14.6. The van der Waals surface area contributed by atoms with Crippen LogP contribution in [0.3, 0.4) is 0 Å². The number of hydrogen-bond donors (Lipinski definition) is 2. The van der Waals surface area contributed by atoms with E-state index >= 15 is 0 Å². The third kappa shape index (κ3) is 9.54. The molecule has 0 aliphatic carbocycles. The molecule has 2 aliphatic rings. The monoisotopic (exact) mass is 470 g/mol. The first-order chi connectivity index (χ1) is 16.7. The molecule has 0 atom stereocenters. The van der Waals surface area contributed by atoms with Gasteiger partial charge in [0.25, 0.3) is 0 Å². The number of nitrogens with zero attached hydrogens (tertiary/aromatic N) is 12. The minimum absolute atomic E-state index is 0.856. The minimum atomic E-state index is 0.856. The van der Waals surface area contributed by atoms with Crippen LogP contribution in [0.25, 0.3) is 0 Å². The van der Waals surface area contributed by atoms with Crippen LogP contribution in [0, 0.1) is 13.8 Å². The zero-order valence-corrected chi connectivity index (χ0v) is 19.9. The number of aryl methyl sites for hydroxylation is 2. The Bertz CT molecular complexity index is 934. The standard InChI is InChI=1S/C8H14N4.C7H12N4.C3H5N3.C2H3N3/c1-8-9-6-10-12(8)7-11-4-2-3-5-11;1-2-4-10(3-1)7-11-6-8-5-9-11;1-3-4-2-5-6-3;1-3-2-5-4-1/h6H,2-5,7H2,1H3;5-6H,1-4,7H2;2H,1H3,(H,4,5,6);1-2H,(H,3,4,5). The van der Waals surface area contributed by atoms with Gasteiger partial charge in [0.15, 0.2) is 0 Å². The predicted molar refractivity (Wildman–Crippen MR) is 124 cm³/mol. The van der Waals surface area contributed by atoms with Gasteiger partial charge in [0.1, 0.15) is 49.6 Å². The van der Waals surface area contributed by atoms with Gasteiger partial charge < -0.3 is 0 Å². The number of hydrogen-bond acceptors (Lipinski definition) is 10. The Labute approximate surface area is 198 Å². The molecule has 14 heteroatoms. The third-order valence-electron chi connectivity index (χ3n) is 5.22. The van der Waals surface area contributed by atoms with Gasteiger partial charge in [-0.15, -0.1) is 0 Å². The molecule has 4 aromatic heterocycles. The average Bonchev–Trinajstić information content (AvgIpc) is 3.67. The first-order valence-electron chi connectivity index (χ1n) is 11.4. The van der Waals surface area contributed by atoms with Crippen LogP contribution in [0.4, 0.5) is 0 Å². The molecule has 0 bridgehead atoms. The summed E-state index contributed by atoms with van der Waals surface area (Å²) in [4.78, 5) is 20.1. The Balaban J connectivity index is 0.000000135. The summed E-state index contributed by atoms with van der Waals surface area (Å²) in [5.41, 5.74) is 0. The van der Waals surface area contributed by atoms with Gasteiger partial charge in [-0.05, 0) is 65.7 Å². The van der Waals surface area contributed by atoms with E-state index in [0.29, 0.717) is 0 Å². The zero-order valence-electron chi connectivity index (χ0n) is 19.9. The highest BCUT2D eigenvalue weighted by molar-refractivity contribution is 4.78. The molecule has 6 rings (SSSR count).